The number of nitrogens with one attached hydrogen (secondary N) is 3. The summed E-state index contributed by atoms with van der Waals surface area (Å²) in [4.78, 5) is 21.6. The second-order valence-corrected chi connectivity index (χ2v) is 9.64. The van der Waals surface area contributed by atoms with Crippen molar-refractivity contribution < 1.29 is 9.59 Å². The van der Waals surface area contributed by atoms with Crippen molar-refractivity contribution >= 4 is 18.5 Å². The Kier molecular flexibility index (Phi) is 8.03. The molecule has 176 valence electrons. The van der Waals surface area contributed by atoms with Crippen molar-refractivity contribution in [3.63, 3.8) is 0 Å². The van der Waals surface area contributed by atoms with E-state index in [0.717, 1.165) is 47.9 Å². The van der Waals surface area contributed by atoms with Crippen LogP contribution in [0.1, 0.15) is 67.0 Å². The SMILES string of the molecule is CC(C)CC(=N)C1(C[C@@H](C)N)c2ccc(CNC=O)cc2CCc2cc(CNC=O)ccc21. The second-order valence-electron chi connectivity index (χ2n) is 9.64. The van der Waals surface area contributed by atoms with E-state index in [2.05, 4.69) is 60.9 Å². The van der Waals surface area contributed by atoms with Gasteiger partial charge in [0.05, 0.1) is 5.41 Å². The van der Waals surface area contributed by atoms with Gasteiger partial charge < -0.3 is 21.8 Å². The third kappa shape index (κ3) is 5.33. The summed E-state index contributed by atoms with van der Waals surface area (Å²) in [5.74, 6) is 0.352. The predicted octanol–water partition coefficient (Wildman–Crippen LogP) is 3.37. The van der Waals surface area contributed by atoms with Crippen LogP contribution in [-0.2, 0) is 40.9 Å². The van der Waals surface area contributed by atoms with Gasteiger partial charge in [-0.05, 0) is 71.9 Å². The van der Waals surface area contributed by atoms with Gasteiger partial charge in [0.25, 0.3) is 0 Å². The standard InChI is InChI=1S/C27H36N4O2/c1-18(2)10-26(29)27(13-19(3)28)24-8-4-20(14-30-16-32)11-22(24)6-7-23-12-21(15-31-17-33)5-9-25(23)27/h4-5,8-9,11-12,16-19,29H,6-7,10,13-15,28H2,1-3H3,(H,30,32)(H,31,33)/t19-/m1/s1. The maximum atomic E-state index is 10.8. The van der Waals surface area contributed by atoms with Crippen LogP contribution in [0.5, 0.6) is 0 Å². The molecule has 0 aromatic heterocycles. The van der Waals surface area contributed by atoms with Crippen molar-refractivity contribution in [1.29, 1.82) is 5.41 Å². The molecule has 0 saturated carbocycles. The highest BCUT2D eigenvalue weighted by molar-refractivity contribution is 5.97. The molecule has 2 aromatic rings. The lowest BCUT2D eigenvalue weighted by molar-refractivity contribution is -0.110. The molecule has 2 aromatic carbocycles. The molecule has 0 spiro atoms. The summed E-state index contributed by atoms with van der Waals surface area (Å²) < 4.78 is 0. The second kappa shape index (κ2) is 10.8. The third-order valence-corrected chi connectivity index (χ3v) is 6.46. The number of aryl methyl sites for hydroxylation is 2. The molecular weight excluding hydrogens is 412 g/mol. The summed E-state index contributed by atoms with van der Waals surface area (Å²) in [5.41, 5.74) is 13.3. The predicted molar refractivity (Wildman–Crippen MR) is 132 cm³/mol. The van der Waals surface area contributed by atoms with Crippen molar-refractivity contribution in [3.8, 4) is 0 Å². The van der Waals surface area contributed by atoms with Crippen LogP contribution in [0.4, 0.5) is 0 Å². The molecule has 1 atom stereocenters. The largest absolute Gasteiger partial charge is 0.355 e. The molecule has 2 amide bonds. The maximum Gasteiger partial charge on any atom is 0.207 e. The lowest BCUT2D eigenvalue weighted by Gasteiger charge is -2.39. The van der Waals surface area contributed by atoms with E-state index in [9.17, 15) is 15.0 Å². The summed E-state index contributed by atoms with van der Waals surface area (Å²) in [6.45, 7) is 7.27. The number of amides is 2. The highest BCUT2D eigenvalue weighted by Crippen LogP contribution is 2.45. The van der Waals surface area contributed by atoms with E-state index in [-0.39, 0.29) is 6.04 Å². The molecule has 0 saturated heterocycles. The van der Waals surface area contributed by atoms with Gasteiger partial charge in [-0.15, -0.1) is 0 Å². The molecule has 5 N–H and O–H groups in total. The third-order valence-electron chi connectivity index (χ3n) is 6.46. The number of fused-ring (bicyclic) bond motifs is 2. The normalized spacial score (nSPS) is 15.1. The van der Waals surface area contributed by atoms with E-state index in [0.29, 0.717) is 37.6 Å². The molecule has 1 aliphatic rings. The van der Waals surface area contributed by atoms with Crippen molar-refractivity contribution in [2.24, 2.45) is 11.7 Å². The first-order valence-corrected chi connectivity index (χ1v) is 11.7. The molecule has 1 aliphatic carbocycles. The highest BCUT2D eigenvalue weighted by Gasteiger charge is 2.43. The van der Waals surface area contributed by atoms with Crippen LogP contribution in [0, 0.1) is 11.3 Å². The summed E-state index contributed by atoms with van der Waals surface area (Å²) in [7, 11) is 0. The number of carbonyl (C=O) groups excluding carboxylic acids is 2. The summed E-state index contributed by atoms with van der Waals surface area (Å²) in [6.07, 6.45) is 4.46. The van der Waals surface area contributed by atoms with Gasteiger partial charge in [-0.2, -0.15) is 0 Å². The van der Waals surface area contributed by atoms with Gasteiger partial charge in [-0.1, -0.05) is 50.2 Å². The number of hydrogen-bond donors (Lipinski definition) is 4. The van der Waals surface area contributed by atoms with Crippen LogP contribution in [0.2, 0.25) is 0 Å². The molecule has 3 rings (SSSR count). The quantitative estimate of drug-likeness (QED) is 0.313. The van der Waals surface area contributed by atoms with Crippen LogP contribution in [0.3, 0.4) is 0 Å². The lowest BCUT2D eigenvalue weighted by Crippen LogP contribution is -2.43. The topological polar surface area (TPSA) is 108 Å². The van der Waals surface area contributed by atoms with Crippen LogP contribution in [0.25, 0.3) is 0 Å². The Morgan fingerprint density at radius 2 is 1.45 bits per heavy atom. The molecule has 0 heterocycles. The van der Waals surface area contributed by atoms with Gasteiger partial charge in [0.2, 0.25) is 12.8 Å². The van der Waals surface area contributed by atoms with Crippen molar-refractivity contribution in [3.05, 3.63) is 69.8 Å². The van der Waals surface area contributed by atoms with Gasteiger partial charge >= 0.3 is 0 Å². The van der Waals surface area contributed by atoms with Crippen LogP contribution >= 0.6 is 0 Å². The summed E-state index contributed by atoms with van der Waals surface area (Å²) >= 11 is 0. The molecule has 6 heteroatoms. The average Bonchev–Trinajstić information content (AvgIpc) is 2.90. The molecular formula is C27H36N4O2. The van der Waals surface area contributed by atoms with Crippen LogP contribution in [0.15, 0.2) is 36.4 Å². The monoisotopic (exact) mass is 448 g/mol. The smallest absolute Gasteiger partial charge is 0.207 e. The molecule has 6 nitrogen and oxygen atoms in total. The fourth-order valence-electron chi connectivity index (χ4n) is 5.23. The Bertz CT molecular complexity index is 950. The molecule has 33 heavy (non-hydrogen) atoms. The Morgan fingerprint density at radius 3 is 1.85 bits per heavy atom. The molecule has 0 fully saturated rings. The minimum Gasteiger partial charge on any atom is -0.355 e. The zero-order chi connectivity index (χ0) is 24.0. The summed E-state index contributed by atoms with van der Waals surface area (Å²) in [5, 5.41) is 14.9. The Balaban J connectivity index is 2.24. The Hall–Kier alpha value is -2.99. The van der Waals surface area contributed by atoms with Gasteiger partial charge in [0.15, 0.2) is 0 Å². The van der Waals surface area contributed by atoms with Gasteiger partial charge in [-0.3, -0.25) is 9.59 Å². The van der Waals surface area contributed by atoms with Crippen LogP contribution in [-0.4, -0.2) is 24.6 Å². The van der Waals surface area contributed by atoms with E-state index in [1.807, 2.05) is 6.92 Å². The Labute approximate surface area is 196 Å². The van der Waals surface area contributed by atoms with Crippen molar-refractivity contribution in [2.75, 3.05) is 0 Å². The summed E-state index contributed by atoms with van der Waals surface area (Å²) in [6, 6.07) is 12.7. The van der Waals surface area contributed by atoms with Crippen molar-refractivity contribution in [2.45, 2.75) is 71.0 Å². The number of benzene rings is 2. The maximum absolute atomic E-state index is 10.8. The van der Waals surface area contributed by atoms with E-state index in [4.69, 9.17) is 5.73 Å². The van der Waals surface area contributed by atoms with E-state index in [1.165, 1.54) is 11.1 Å². The fourth-order valence-corrected chi connectivity index (χ4v) is 5.23. The number of rotatable bonds is 11. The van der Waals surface area contributed by atoms with E-state index < -0.39 is 5.41 Å². The first kappa shape index (κ1) is 24.6. The minimum absolute atomic E-state index is 0.0934. The first-order valence-electron chi connectivity index (χ1n) is 11.7. The van der Waals surface area contributed by atoms with Gasteiger partial charge in [0.1, 0.15) is 0 Å². The van der Waals surface area contributed by atoms with Crippen LogP contribution < -0.4 is 16.4 Å². The fraction of sp³-hybridized carbons (Fsp3) is 0.444. The van der Waals surface area contributed by atoms with Crippen molar-refractivity contribution in [1.82, 2.24) is 10.6 Å². The zero-order valence-corrected chi connectivity index (χ0v) is 19.9. The number of nitrogens with two attached hydrogens (primary N) is 1. The molecule has 0 unspecified atom stereocenters. The number of carbonyl (C=O) groups is 2. The lowest BCUT2D eigenvalue weighted by atomic mass is 9.64. The number of hydrogen-bond acceptors (Lipinski definition) is 4. The Morgan fingerprint density at radius 1 is 0.970 bits per heavy atom. The average molecular weight is 449 g/mol. The van der Waals surface area contributed by atoms with Gasteiger partial charge in [0, 0.05) is 24.8 Å². The van der Waals surface area contributed by atoms with E-state index in [1.54, 1.807) is 0 Å². The first-order chi connectivity index (χ1) is 15.8. The molecule has 0 radical (unpaired) electrons. The highest BCUT2D eigenvalue weighted by atomic mass is 16.1. The molecule has 0 bridgehead atoms. The minimum atomic E-state index is -0.604. The van der Waals surface area contributed by atoms with E-state index >= 15 is 0 Å². The zero-order valence-electron chi connectivity index (χ0n) is 19.9. The van der Waals surface area contributed by atoms with Gasteiger partial charge in [-0.25, -0.2) is 0 Å². The molecule has 0 aliphatic heterocycles.